The van der Waals surface area contributed by atoms with E-state index >= 15 is 0 Å². The fraction of sp³-hybridized carbons (Fsp3) is 0.919. The normalized spacial score (nSPS) is 12.6. The minimum Gasteiger partial charge on any atom is -0.466 e. The Bertz CT molecular complexity index is 1250. The average molecular weight is 1130 g/mol. The molecule has 0 aliphatic carbocycles. The number of unbranched alkanes of at least 4 members (excludes halogenated alkanes) is 56. The molecule has 0 heterocycles. The van der Waals surface area contributed by atoms with Gasteiger partial charge in [-0.3, -0.25) is 9.59 Å². The summed E-state index contributed by atoms with van der Waals surface area (Å²) in [5.41, 5.74) is 0. The molecule has 80 heavy (non-hydrogen) atoms. The van der Waals surface area contributed by atoms with Gasteiger partial charge >= 0.3 is 5.97 Å². The van der Waals surface area contributed by atoms with Gasteiger partial charge in [0.05, 0.1) is 25.4 Å². The van der Waals surface area contributed by atoms with Crippen LogP contribution in [-0.4, -0.2) is 47.4 Å². The Balaban J connectivity index is 3.37. The van der Waals surface area contributed by atoms with Crippen molar-refractivity contribution in [2.24, 2.45) is 0 Å². The van der Waals surface area contributed by atoms with Crippen molar-refractivity contribution in [3.05, 3.63) is 24.3 Å². The van der Waals surface area contributed by atoms with Crippen LogP contribution >= 0.6 is 0 Å². The Labute approximate surface area is 501 Å². The van der Waals surface area contributed by atoms with E-state index in [9.17, 15) is 19.8 Å². The van der Waals surface area contributed by atoms with Gasteiger partial charge in [-0.1, -0.05) is 366 Å². The third-order valence-electron chi connectivity index (χ3n) is 17.2. The summed E-state index contributed by atoms with van der Waals surface area (Å²) in [6.07, 6.45) is 88.4. The lowest BCUT2D eigenvalue weighted by molar-refractivity contribution is -0.143. The highest BCUT2D eigenvalue weighted by Gasteiger charge is 2.18. The van der Waals surface area contributed by atoms with Gasteiger partial charge in [0.2, 0.25) is 5.91 Å². The van der Waals surface area contributed by atoms with Gasteiger partial charge in [0.1, 0.15) is 0 Å². The van der Waals surface area contributed by atoms with Crippen molar-refractivity contribution >= 4 is 11.9 Å². The molecule has 6 nitrogen and oxygen atoms in total. The number of rotatable bonds is 69. The van der Waals surface area contributed by atoms with Gasteiger partial charge in [-0.15, -0.1) is 0 Å². The summed E-state index contributed by atoms with van der Waals surface area (Å²) in [6.45, 7) is 4.95. The van der Waals surface area contributed by atoms with Crippen LogP contribution in [0.1, 0.15) is 412 Å². The largest absolute Gasteiger partial charge is 0.466 e. The van der Waals surface area contributed by atoms with Gasteiger partial charge in [0, 0.05) is 12.8 Å². The summed E-state index contributed by atoms with van der Waals surface area (Å²) in [4.78, 5) is 24.6. The summed E-state index contributed by atoms with van der Waals surface area (Å²) < 4.78 is 5.51. The zero-order valence-electron chi connectivity index (χ0n) is 54.3. The maximum atomic E-state index is 12.5. The van der Waals surface area contributed by atoms with E-state index in [2.05, 4.69) is 31.3 Å². The van der Waals surface area contributed by atoms with Crippen molar-refractivity contribution in [3.8, 4) is 0 Å². The SMILES string of the molecule is CCCCCCCCCCCCCCCCC/C=C/C(O)C(CO)NC(=O)CCCCCCCCCCCCC/C=C\CCCCCCCCCCCCCCOC(=O)CCCCCCCCCCCCCCCCCCCCC. The van der Waals surface area contributed by atoms with E-state index in [1.54, 1.807) is 6.08 Å². The maximum absolute atomic E-state index is 12.5. The minimum atomic E-state index is -0.845. The lowest BCUT2D eigenvalue weighted by Gasteiger charge is -2.20. The molecular formula is C74H143NO5. The second-order valence-corrected chi connectivity index (χ2v) is 25.3. The molecule has 0 saturated carbocycles. The Morgan fingerprint density at radius 2 is 0.588 bits per heavy atom. The topological polar surface area (TPSA) is 95.9 Å². The predicted octanol–water partition coefficient (Wildman–Crippen LogP) is 23.7. The fourth-order valence-corrected chi connectivity index (χ4v) is 11.6. The molecular weight excluding hydrogens is 983 g/mol. The summed E-state index contributed by atoms with van der Waals surface area (Å²) in [7, 11) is 0. The van der Waals surface area contributed by atoms with Crippen molar-refractivity contribution in [1.29, 1.82) is 0 Å². The van der Waals surface area contributed by atoms with Crippen LogP contribution in [0.25, 0.3) is 0 Å². The number of nitrogens with one attached hydrogen (secondary N) is 1. The fourth-order valence-electron chi connectivity index (χ4n) is 11.6. The molecule has 0 radical (unpaired) electrons. The van der Waals surface area contributed by atoms with E-state index in [1.165, 1.54) is 347 Å². The molecule has 0 aromatic carbocycles. The number of hydrogen-bond acceptors (Lipinski definition) is 5. The molecule has 0 bridgehead atoms. The second-order valence-electron chi connectivity index (χ2n) is 25.3. The average Bonchev–Trinajstić information content (AvgIpc) is 3.46. The molecule has 2 unspecified atom stereocenters. The number of carbonyl (C=O) groups excluding carboxylic acids is 2. The van der Waals surface area contributed by atoms with Crippen molar-refractivity contribution < 1.29 is 24.5 Å². The van der Waals surface area contributed by atoms with Gasteiger partial charge in [0.15, 0.2) is 0 Å². The quantitative estimate of drug-likeness (QED) is 0.0320. The van der Waals surface area contributed by atoms with Gasteiger partial charge in [-0.2, -0.15) is 0 Å². The Morgan fingerprint density at radius 3 is 0.887 bits per heavy atom. The first-order valence-corrected chi connectivity index (χ1v) is 36.6. The summed E-state index contributed by atoms with van der Waals surface area (Å²) in [5.74, 6) is -0.0452. The smallest absolute Gasteiger partial charge is 0.305 e. The summed E-state index contributed by atoms with van der Waals surface area (Å²) in [6, 6.07) is -0.629. The van der Waals surface area contributed by atoms with Crippen LogP contribution in [0.5, 0.6) is 0 Å². The van der Waals surface area contributed by atoms with E-state index in [4.69, 9.17) is 4.74 Å². The van der Waals surface area contributed by atoms with Crippen LogP contribution in [0.3, 0.4) is 0 Å². The van der Waals surface area contributed by atoms with Crippen LogP contribution < -0.4 is 5.32 Å². The lowest BCUT2D eigenvalue weighted by Crippen LogP contribution is -2.45. The first-order chi connectivity index (χ1) is 39.5. The van der Waals surface area contributed by atoms with Crippen molar-refractivity contribution in [2.75, 3.05) is 13.2 Å². The van der Waals surface area contributed by atoms with Crippen molar-refractivity contribution in [2.45, 2.75) is 424 Å². The molecule has 0 aliphatic rings. The zero-order valence-corrected chi connectivity index (χ0v) is 54.3. The molecule has 0 aliphatic heterocycles. The number of aliphatic hydroxyl groups is 2. The summed E-state index contributed by atoms with van der Waals surface area (Å²) >= 11 is 0. The van der Waals surface area contributed by atoms with E-state index in [1.807, 2.05) is 6.08 Å². The predicted molar refractivity (Wildman–Crippen MR) is 352 cm³/mol. The number of allylic oxidation sites excluding steroid dienone is 3. The van der Waals surface area contributed by atoms with Crippen LogP contribution in [0.2, 0.25) is 0 Å². The van der Waals surface area contributed by atoms with Crippen LogP contribution in [-0.2, 0) is 14.3 Å². The third-order valence-corrected chi connectivity index (χ3v) is 17.2. The molecule has 0 aromatic rings. The highest BCUT2D eigenvalue weighted by Crippen LogP contribution is 2.19. The number of carbonyl (C=O) groups is 2. The Hall–Kier alpha value is -1.66. The lowest BCUT2D eigenvalue weighted by atomic mass is 10.0. The summed E-state index contributed by atoms with van der Waals surface area (Å²) in [5, 5.41) is 23.2. The molecule has 0 aromatic heterocycles. The Kier molecular flexibility index (Phi) is 68.4. The molecule has 3 N–H and O–H groups in total. The number of esters is 1. The highest BCUT2D eigenvalue weighted by molar-refractivity contribution is 5.76. The molecule has 0 saturated heterocycles. The first kappa shape index (κ1) is 78.3. The Morgan fingerprint density at radius 1 is 0.338 bits per heavy atom. The molecule has 2 atom stereocenters. The molecule has 0 spiro atoms. The van der Waals surface area contributed by atoms with Crippen LogP contribution in [0.15, 0.2) is 24.3 Å². The number of hydrogen-bond donors (Lipinski definition) is 3. The van der Waals surface area contributed by atoms with Crippen LogP contribution in [0.4, 0.5) is 0 Å². The van der Waals surface area contributed by atoms with Gasteiger partial charge < -0.3 is 20.3 Å². The van der Waals surface area contributed by atoms with Gasteiger partial charge in [-0.25, -0.2) is 0 Å². The van der Waals surface area contributed by atoms with Crippen LogP contribution in [0, 0.1) is 0 Å². The number of ether oxygens (including phenoxy) is 1. The standard InChI is InChI=1S/C74H143NO5/c1-3-5-7-9-11-13-15-17-19-21-31-36-40-44-48-52-56-60-64-68-74(79)80-69-65-61-57-53-49-45-41-37-33-30-28-26-24-22-23-25-27-29-32-35-39-43-47-51-55-59-63-67-73(78)75-71(70-76)72(77)66-62-58-54-50-46-42-38-34-20-18-16-14-12-10-8-6-4-2/h22-23,62,66,71-72,76-77H,3-21,24-61,63-65,67-70H2,1-2H3,(H,75,78)/b23-22-,66-62+. The molecule has 0 fully saturated rings. The monoisotopic (exact) mass is 1130 g/mol. The number of amides is 1. The van der Waals surface area contributed by atoms with E-state index < -0.39 is 12.1 Å². The molecule has 0 rings (SSSR count). The minimum absolute atomic E-state index is 0.0204. The second kappa shape index (κ2) is 69.8. The first-order valence-electron chi connectivity index (χ1n) is 36.6. The van der Waals surface area contributed by atoms with Crippen molar-refractivity contribution in [3.63, 3.8) is 0 Å². The maximum Gasteiger partial charge on any atom is 0.305 e. The highest BCUT2D eigenvalue weighted by atomic mass is 16.5. The van der Waals surface area contributed by atoms with Gasteiger partial charge in [-0.05, 0) is 57.8 Å². The van der Waals surface area contributed by atoms with E-state index in [-0.39, 0.29) is 18.5 Å². The van der Waals surface area contributed by atoms with E-state index in [0.717, 1.165) is 38.5 Å². The third kappa shape index (κ3) is 65.5. The molecule has 1 amide bonds. The van der Waals surface area contributed by atoms with E-state index in [0.29, 0.717) is 19.4 Å². The van der Waals surface area contributed by atoms with Gasteiger partial charge in [0.25, 0.3) is 0 Å². The zero-order chi connectivity index (χ0) is 57.8. The molecule has 6 heteroatoms. The van der Waals surface area contributed by atoms with Crippen molar-refractivity contribution in [1.82, 2.24) is 5.32 Å². The number of aliphatic hydroxyl groups excluding tert-OH is 2. The molecule has 474 valence electrons.